The van der Waals surface area contributed by atoms with Crippen LogP contribution in [0, 0.1) is 6.07 Å². The molecule has 0 saturated carbocycles. The Morgan fingerprint density at radius 3 is 2.28 bits per heavy atom. The summed E-state index contributed by atoms with van der Waals surface area (Å²) < 4.78 is 2.14. The molecule has 0 atom stereocenters. The second kappa shape index (κ2) is 8.18. The summed E-state index contributed by atoms with van der Waals surface area (Å²) in [5.41, 5.74) is 10.6. The molecule has 157 valence electrons. The van der Waals surface area contributed by atoms with Crippen LogP contribution in [0.4, 0.5) is 0 Å². The molecule has 5 rings (SSSR count). The molecule has 3 nitrogen and oxygen atoms in total. The Hall–Kier alpha value is -2.98. The lowest BCUT2D eigenvalue weighted by atomic mass is 10.0. The summed E-state index contributed by atoms with van der Waals surface area (Å²) >= 11 is 19.0. The quantitative estimate of drug-likeness (QED) is 0.288. The van der Waals surface area contributed by atoms with Crippen LogP contribution in [0.3, 0.4) is 0 Å². The molecule has 0 bridgehead atoms. The van der Waals surface area contributed by atoms with Crippen molar-refractivity contribution in [3.05, 3.63) is 105 Å². The number of amides is 1. The number of fused-ring (bicyclic) bond motifs is 3. The monoisotopic (exact) mass is 477 g/mol. The molecule has 6 heteroatoms. The van der Waals surface area contributed by atoms with E-state index in [4.69, 9.17) is 40.5 Å². The normalized spacial score (nSPS) is 11.3. The predicted molar refractivity (Wildman–Crippen MR) is 133 cm³/mol. The molecule has 0 aliphatic heterocycles. The van der Waals surface area contributed by atoms with Gasteiger partial charge in [-0.15, -0.1) is 0 Å². The second-order valence-corrected chi connectivity index (χ2v) is 8.77. The topological polar surface area (TPSA) is 48.0 Å². The molecular formula is C26H16Cl3N2O. The molecule has 0 spiro atoms. The smallest absolute Gasteiger partial charge is 0.249 e. The second-order valence-electron chi connectivity index (χ2n) is 7.52. The summed E-state index contributed by atoms with van der Waals surface area (Å²) in [6.45, 7) is 0.576. The molecule has 0 saturated heterocycles. The average molecular weight is 479 g/mol. The van der Waals surface area contributed by atoms with Gasteiger partial charge in [-0.25, -0.2) is 0 Å². The van der Waals surface area contributed by atoms with Crippen LogP contribution in [-0.2, 0) is 6.54 Å². The maximum atomic E-state index is 12.2. The molecule has 0 aliphatic rings. The van der Waals surface area contributed by atoms with Crippen LogP contribution in [-0.4, -0.2) is 10.5 Å². The van der Waals surface area contributed by atoms with Crippen molar-refractivity contribution in [2.45, 2.75) is 6.54 Å². The van der Waals surface area contributed by atoms with Gasteiger partial charge in [0, 0.05) is 43.5 Å². The van der Waals surface area contributed by atoms with Crippen molar-refractivity contribution in [2.75, 3.05) is 0 Å². The Labute approximate surface area is 199 Å². The van der Waals surface area contributed by atoms with Gasteiger partial charge in [0.2, 0.25) is 5.91 Å². The van der Waals surface area contributed by atoms with E-state index in [9.17, 15) is 4.79 Å². The highest BCUT2D eigenvalue weighted by atomic mass is 35.5. The van der Waals surface area contributed by atoms with Gasteiger partial charge in [0.25, 0.3) is 0 Å². The lowest BCUT2D eigenvalue weighted by molar-refractivity contribution is 0.100. The molecular weight excluding hydrogens is 463 g/mol. The van der Waals surface area contributed by atoms with Crippen LogP contribution in [0.5, 0.6) is 0 Å². The lowest BCUT2D eigenvalue weighted by Gasteiger charge is -2.11. The van der Waals surface area contributed by atoms with E-state index in [1.165, 1.54) is 0 Å². The molecule has 1 radical (unpaired) electrons. The van der Waals surface area contributed by atoms with Crippen LogP contribution in [0.25, 0.3) is 32.9 Å². The predicted octanol–water partition coefficient (Wildman–Crippen LogP) is 7.37. The van der Waals surface area contributed by atoms with Crippen molar-refractivity contribution < 1.29 is 4.79 Å². The van der Waals surface area contributed by atoms with Gasteiger partial charge in [-0.1, -0.05) is 59.1 Å². The highest BCUT2D eigenvalue weighted by Crippen LogP contribution is 2.39. The summed E-state index contributed by atoms with van der Waals surface area (Å²) in [6.07, 6.45) is 0. The van der Waals surface area contributed by atoms with Gasteiger partial charge >= 0.3 is 0 Å². The maximum absolute atomic E-state index is 12.2. The first-order valence-corrected chi connectivity index (χ1v) is 11.0. The van der Waals surface area contributed by atoms with E-state index < -0.39 is 5.91 Å². The van der Waals surface area contributed by atoms with Crippen LogP contribution >= 0.6 is 34.8 Å². The molecule has 0 fully saturated rings. The van der Waals surface area contributed by atoms with E-state index in [1.807, 2.05) is 54.6 Å². The maximum Gasteiger partial charge on any atom is 0.249 e. The fourth-order valence-corrected chi connectivity index (χ4v) is 4.86. The molecule has 0 unspecified atom stereocenters. The first-order chi connectivity index (χ1) is 15.4. The number of aromatic nitrogens is 1. The van der Waals surface area contributed by atoms with E-state index in [2.05, 4.69) is 10.6 Å². The highest BCUT2D eigenvalue weighted by Gasteiger charge is 2.18. The first kappa shape index (κ1) is 20.9. The number of carbonyl (C=O) groups excluding carboxylic acids is 1. The average Bonchev–Trinajstić information content (AvgIpc) is 3.08. The zero-order chi connectivity index (χ0) is 22.4. The van der Waals surface area contributed by atoms with Crippen LogP contribution in [0.15, 0.2) is 72.8 Å². The van der Waals surface area contributed by atoms with Crippen LogP contribution in [0.1, 0.15) is 15.9 Å². The van der Waals surface area contributed by atoms with Gasteiger partial charge in [-0.3, -0.25) is 4.79 Å². The van der Waals surface area contributed by atoms with E-state index in [0.717, 1.165) is 38.5 Å². The van der Waals surface area contributed by atoms with Crippen molar-refractivity contribution in [3.63, 3.8) is 0 Å². The Balaban J connectivity index is 1.82. The molecule has 2 N–H and O–H groups in total. The van der Waals surface area contributed by atoms with Crippen molar-refractivity contribution >= 4 is 62.5 Å². The molecule has 1 amide bonds. The third-order valence-corrected chi connectivity index (χ3v) is 6.45. The number of halogens is 3. The molecule has 1 aromatic heterocycles. The Kier molecular flexibility index (Phi) is 5.34. The van der Waals surface area contributed by atoms with Crippen molar-refractivity contribution in [3.8, 4) is 11.1 Å². The third-order valence-electron chi connectivity index (χ3n) is 5.57. The van der Waals surface area contributed by atoms with E-state index in [-0.39, 0.29) is 0 Å². The highest BCUT2D eigenvalue weighted by molar-refractivity contribution is 6.39. The number of nitrogens with zero attached hydrogens (tertiary/aromatic N) is 1. The van der Waals surface area contributed by atoms with Gasteiger partial charge in [-0.05, 0) is 65.7 Å². The summed E-state index contributed by atoms with van der Waals surface area (Å²) in [4.78, 5) is 12.2. The molecule has 0 aliphatic carbocycles. The SMILES string of the molecule is NC(=O)c1cccc2c1c1[c]cc(-c3c(Cl)cccc3Cl)cc1n2Cc1ccc(Cl)cc1. The van der Waals surface area contributed by atoms with Crippen LogP contribution < -0.4 is 5.73 Å². The lowest BCUT2D eigenvalue weighted by Crippen LogP contribution is -2.11. The number of carbonyl (C=O) groups is 1. The summed E-state index contributed by atoms with van der Waals surface area (Å²) in [5.74, 6) is -0.479. The minimum absolute atomic E-state index is 0.460. The van der Waals surface area contributed by atoms with Crippen LogP contribution in [0.2, 0.25) is 15.1 Å². The molecule has 1 heterocycles. The number of benzene rings is 4. The molecule has 4 aromatic carbocycles. The van der Waals surface area contributed by atoms with Crippen molar-refractivity contribution in [1.29, 1.82) is 0 Å². The minimum Gasteiger partial charge on any atom is -0.366 e. The van der Waals surface area contributed by atoms with E-state index in [1.54, 1.807) is 18.2 Å². The van der Waals surface area contributed by atoms with Gasteiger partial charge in [0.15, 0.2) is 0 Å². The Morgan fingerprint density at radius 2 is 1.59 bits per heavy atom. The fraction of sp³-hybridized carbons (Fsp3) is 0.0385. The number of hydrogen-bond donors (Lipinski definition) is 1. The number of primary amides is 1. The summed E-state index contributed by atoms with van der Waals surface area (Å²) in [7, 11) is 0. The van der Waals surface area contributed by atoms with Gasteiger partial charge < -0.3 is 10.3 Å². The zero-order valence-corrected chi connectivity index (χ0v) is 19.0. The Bertz CT molecular complexity index is 1480. The Morgan fingerprint density at radius 1 is 0.906 bits per heavy atom. The standard InChI is InChI=1S/C26H16Cl3N2O/c27-17-10-7-15(8-11-17)14-31-22-6-1-3-19(26(30)32)25(22)18-12-9-16(13-23(18)31)24-20(28)4-2-5-21(24)29/h1-11,13H,14H2,(H2,30,32). The van der Waals surface area contributed by atoms with Gasteiger partial charge in [0.1, 0.15) is 0 Å². The van der Waals surface area contributed by atoms with Crippen molar-refractivity contribution in [1.82, 2.24) is 4.57 Å². The van der Waals surface area contributed by atoms with Crippen molar-refractivity contribution in [2.24, 2.45) is 5.73 Å². The molecule has 5 aromatic rings. The number of nitrogens with two attached hydrogens (primary N) is 1. The summed E-state index contributed by atoms with van der Waals surface area (Å²) in [6, 6.07) is 25.9. The minimum atomic E-state index is -0.479. The van der Waals surface area contributed by atoms with Gasteiger partial charge in [-0.2, -0.15) is 0 Å². The third kappa shape index (κ3) is 3.53. The zero-order valence-electron chi connectivity index (χ0n) is 16.7. The van der Waals surface area contributed by atoms with E-state index >= 15 is 0 Å². The number of hydrogen-bond acceptors (Lipinski definition) is 1. The molecule has 32 heavy (non-hydrogen) atoms. The first-order valence-electron chi connectivity index (χ1n) is 9.89. The largest absolute Gasteiger partial charge is 0.366 e. The van der Waals surface area contributed by atoms with Gasteiger partial charge in [0.05, 0.1) is 11.0 Å². The number of rotatable bonds is 4. The fourth-order valence-electron chi connectivity index (χ4n) is 4.12. The summed E-state index contributed by atoms with van der Waals surface area (Å²) in [5, 5.41) is 3.39. The van der Waals surface area contributed by atoms with E-state index in [0.29, 0.717) is 27.2 Å².